The van der Waals surface area contributed by atoms with Gasteiger partial charge in [-0.2, -0.15) is 5.10 Å². The van der Waals surface area contributed by atoms with E-state index in [0.29, 0.717) is 11.0 Å². The second-order valence-electron chi connectivity index (χ2n) is 4.48. The van der Waals surface area contributed by atoms with Gasteiger partial charge in [0, 0.05) is 7.05 Å². The third-order valence-corrected chi connectivity index (χ3v) is 3.15. The minimum atomic E-state index is -0.286. The Labute approximate surface area is 119 Å². The second kappa shape index (κ2) is 5.20. The van der Waals surface area contributed by atoms with Crippen molar-refractivity contribution in [3.63, 3.8) is 0 Å². The van der Waals surface area contributed by atoms with E-state index in [-0.39, 0.29) is 18.0 Å². The summed E-state index contributed by atoms with van der Waals surface area (Å²) in [7, 11) is 1.52. The molecule has 1 N–H and O–H groups in total. The van der Waals surface area contributed by atoms with Crippen molar-refractivity contribution in [3.05, 3.63) is 53.2 Å². The summed E-state index contributed by atoms with van der Waals surface area (Å²) < 4.78 is 2.86. The van der Waals surface area contributed by atoms with Gasteiger partial charge in [0.25, 0.3) is 5.56 Å². The van der Waals surface area contributed by atoms with E-state index in [0.717, 1.165) is 5.69 Å². The van der Waals surface area contributed by atoms with E-state index >= 15 is 0 Å². The van der Waals surface area contributed by atoms with E-state index in [9.17, 15) is 9.59 Å². The fourth-order valence-corrected chi connectivity index (χ4v) is 2.05. The Kier molecular flexibility index (Phi) is 3.23. The number of para-hydroxylation sites is 1. The Morgan fingerprint density at radius 1 is 1.29 bits per heavy atom. The summed E-state index contributed by atoms with van der Waals surface area (Å²) in [5.74, 6) is -0.256. The van der Waals surface area contributed by atoms with Crippen LogP contribution in [0, 0.1) is 0 Å². The molecule has 2 heterocycles. The van der Waals surface area contributed by atoms with Gasteiger partial charge in [-0.1, -0.05) is 18.2 Å². The summed E-state index contributed by atoms with van der Waals surface area (Å²) in [4.78, 5) is 27.9. The molecule has 3 rings (SSSR count). The molecule has 7 heteroatoms. The molecule has 2 aromatic heterocycles. The first-order valence-electron chi connectivity index (χ1n) is 6.40. The Morgan fingerprint density at radius 2 is 2.05 bits per heavy atom. The third kappa shape index (κ3) is 2.29. The van der Waals surface area contributed by atoms with Crippen LogP contribution in [0.15, 0.2) is 47.7 Å². The van der Waals surface area contributed by atoms with Crippen LogP contribution in [-0.4, -0.2) is 32.3 Å². The smallest absolute Gasteiger partial charge is 0.264 e. The van der Waals surface area contributed by atoms with E-state index in [4.69, 9.17) is 0 Å². The van der Waals surface area contributed by atoms with E-state index < -0.39 is 0 Å². The predicted molar refractivity (Wildman–Crippen MR) is 77.2 cm³/mol. The number of benzene rings is 1. The first-order valence-corrected chi connectivity index (χ1v) is 6.40. The number of likely N-dealkylation sites (N-methyl/N-ethyl adjacent to an activating group) is 1. The first-order chi connectivity index (χ1) is 10.2. The first kappa shape index (κ1) is 13.0. The lowest BCUT2D eigenvalue weighted by molar-refractivity contribution is -0.121. The van der Waals surface area contributed by atoms with Crippen LogP contribution in [0.25, 0.3) is 16.7 Å². The minimum absolute atomic E-state index is 0.0607. The van der Waals surface area contributed by atoms with Crippen molar-refractivity contribution in [3.8, 4) is 5.69 Å². The Balaban J connectivity index is 2.11. The number of hydrogen-bond acceptors (Lipinski definition) is 4. The molecule has 0 saturated carbocycles. The van der Waals surface area contributed by atoms with Crippen LogP contribution in [0.5, 0.6) is 0 Å². The zero-order valence-electron chi connectivity index (χ0n) is 11.4. The van der Waals surface area contributed by atoms with Gasteiger partial charge in [0.2, 0.25) is 5.91 Å². The van der Waals surface area contributed by atoms with Crippen molar-refractivity contribution >= 4 is 16.9 Å². The molecule has 0 saturated heterocycles. The molecule has 0 radical (unpaired) electrons. The second-order valence-corrected chi connectivity index (χ2v) is 4.48. The number of nitrogens with zero attached hydrogens (tertiary/aromatic N) is 4. The highest BCUT2D eigenvalue weighted by Crippen LogP contribution is 2.12. The van der Waals surface area contributed by atoms with Crippen LogP contribution in [0.3, 0.4) is 0 Å². The molecule has 0 spiro atoms. The number of rotatable bonds is 3. The number of carbonyl (C=O) groups is 1. The van der Waals surface area contributed by atoms with E-state index in [1.807, 2.05) is 30.3 Å². The molecule has 0 aliphatic heterocycles. The average molecular weight is 283 g/mol. The fraction of sp³-hybridized carbons (Fsp3) is 0.143. The van der Waals surface area contributed by atoms with Crippen molar-refractivity contribution in [2.24, 2.45) is 0 Å². The van der Waals surface area contributed by atoms with Gasteiger partial charge in [0.05, 0.1) is 11.9 Å². The third-order valence-electron chi connectivity index (χ3n) is 3.15. The molecule has 106 valence electrons. The predicted octanol–water partition coefficient (Wildman–Crippen LogP) is 0.328. The number of hydrogen-bond donors (Lipinski definition) is 1. The number of fused-ring (bicyclic) bond motifs is 1. The van der Waals surface area contributed by atoms with Gasteiger partial charge in [-0.15, -0.1) is 0 Å². The highest BCUT2D eigenvalue weighted by atomic mass is 16.2. The van der Waals surface area contributed by atoms with Gasteiger partial charge in [-0.25, -0.2) is 9.67 Å². The summed E-state index contributed by atoms with van der Waals surface area (Å²) in [5, 5.41) is 7.06. The van der Waals surface area contributed by atoms with Crippen LogP contribution >= 0.6 is 0 Å². The highest BCUT2D eigenvalue weighted by molar-refractivity contribution is 5.77. The van der Waals surface area contributed by atoms with Crippen molar-refractivity contribution in [2.75, 3.05) is 7.05 Å². The maximum absolute atomic E-state index is 12.3. The van der Waals surface area contributed by atoms with Gasteiger partial charge in [-0.3, -0.25) is 14.2 Å². The molecule has 0 aliphatic carbocycles. The molecule has 7 nitrogen and oxygen atoms in total. The van der Waals surface area contributed by atoms with Crippen LogP contribution in [0.1, 0.15) is 0 Å². The summed E-state index contributed by atoms with van der Waals surface area (Å²) in [6.07, 6.45) is 2.83. The summed E-state index contributed by atoms with van der Waals surface area (Å²) in [5.41, 5.74) is 1.01. The largest absolute Gasteiger partial charge is 0.358 e. The normalized spacial score (nSPS) is 10.7. The molecule has 0 atom stereocenters. The van der Waals surface area contributed by atoms with E-state index in [1.54, 1.807) is 4.68 Å². The van der Waals surface area contributed by atoms with Crippen LogP contribution in [0.2, 0.25) is 0 Å². The molecule has 1 aromatic carbocycles. The molecule has 1 amide bonds. The lowest BCUT2D eigenvalue weighted by Crippen LogP contribution is -2.30. The topological polar surface area (TPSA) is 81.8 Å². The molecular formula is C14H13N5O2. The average Bonchev–Trinajstić information content (AvgIpc) is 2.95. The Bertz CT molecular complexity index is 851. The van der Waals surface area contributed by atoms with E-state index in [2.05, 4.69) is 15.4 Å². The molecule has 0 bridgehead atoms. The quantitative estimate of drug-likeness (QED) is 0.751. The van der Waals surface area contributed by atoms with Crippen molar-refractivity contribution in [1.29, 1.82) is 0 Å². The van der Waals surface area contributed by atoms with Gasteiger partial charge in [0.15, 0.2) is 5.65 Å². The SMILES string of the molecule is CNC(=O)Cn1cnc2c(cnn2-c2ccccc2)c1=O. The summed E-state index contributed by atoms with van der Waals surface area (Å²) >= 11 is 0. The maximum Gasteiger partial charge on any atom is 0.264 e. The van der Waals surface area contributed by atoms with Crippen LogP contribution in [0.4, 0.5) is 0 Å². The number of aromatic nitrogens is 4. The zero-order valence-corrected chi connectivity index (χ0v) is 11.4. The Morgan fingerprint density at radius 3 is 2.76 bits per heavy atom. The van der Waals surface area contributed by atoms with Crippen molar-refractivity contribution in [2.45, 2.75) is 6.54 Å². The number of nitrogens with one attached hydrogen (secondary N) is 1. The molecular weight excluding hydrogens is 270 g/mol. The maximum atomic E-state index is 12.3. The fourth-order valence-electron chi connectivity index (χ4n) is 2.05. The van der Waals surface area contributed by atoms with E-state index in [1.165, 1.54) is 24.1 Å². The molecule has 0 unspecified atom stereocenters. The number of amides is 1. The lowest BCUT2D eigenvalue weighted by atomic mass is 10.3. The van der Waals surface area contributed by atoms with Gasteiger partial charge in [0.1, 0.15) is 18.3 Å². The Hall–Kier alpha value is -2.96. The van der Waals surface area contributed by atoms with Crippen LogP contribution < -0.4 is 10.9 Å². The van der Waals surface area contributed by atoms with Gasteiger partial charge in [-0.05, 0) is 12.1 Å². The molecule has 3 aromatic rings. The molecule has 0 aliphatic rings. The van der Waals surface area contributed by atoms with Crippen molar-refractivity contribution in [1.82, 2.24) is 24.6 Å². The van der Waals surface area contributed by atoms with Crippen molar-refractivity contribution < 1.29 is 4.79 Å². The summed E-state index contributed by atoms with van der Waals surface area (Å²) in [6, 6.07) is 9.43. The minimum Gasteiger partial charge on any atom is -0.358 e. The van der Waals surface area contributed by atoms with Crippen LogP contribution in [-0.2, 0) is 11.3 Å². The highest BCUT2D eigenvalue weighted by Gasteiger charge is 2.12. The molecule has 21 heavy (non-hydrogen) atoms. The monoisotopic (exact) mass is 283 g/mol. The summed E-state index contributed by atoms with van der Waals surface area (Å²) in [6.45, 7) is -0.0607. The molecule has 0 fully saturated rings. The lowest BCUT2D eigenvalue weighted by Gasteiger charge is -2.05. The standard InChI is InChI=1S/C14H13N5O2/c1-15-12(20)8-18-9-16-13-11(14(18)21)7-17-19(13)10-5-3-2-4-6-10/h2-7,9H,8H2,1H3,(H,15,20). The number of carbonyl (C=O) groups excluding carboxylic acids is 1. The zero-order chi connectivity index (χ0) is 14.8. The van der Waals surface area contributed by atoms with Gasteiger partial charge < -0.3 is 5.32 Å². The van der Waals surface area contributed by atoms with Gasteiger partial charge >= 0.3 is 0 Å².